The number of benzene rings is 2. The highest BCUT2D eigenvalue weighted by molar-refractivity contribution is 9.10. The zero-order chi connectivity index (χ0) is 14.3. The van der Waals surface area contributed by atoms with Crippen LogP contribution in [-0.2, 0) is 0 Å². The first-order valence-corrected chi connectivity index (χ1v) is 7.04. The van der Waals surface area contributed by atoms with E-state index in [1.165, 1.54) is 18.2 Å². The number of halogens is 3. The monoisotopic (exact) mass is 354 g/mol. The van der Waals surface area contributed by atoms with Gasteiger partial charge in [0.2, 0.25) is 0 Å². The summed E-state index contributed by atoms with van der Waals surface area (Å²) in [6.45, 7) is 0. The molecule has 5 heteroatoms. The Labute approximate surface area is 127 Å². The number of fused-ring (bicyclic) bond motifs is 1. The zero-order valence-electron chi connectivity index (χ0n) is 10.1. The molecule has 0 saturated heterocycles. The van der Waals surface area contributed by atoms with Gasteiger partial charge in [-0.1, -0.05) is 33.6 Å². The second-order valence-electron chi connectivity index (χ2n) is 4.40. The van der Waals surface area contributed by atoms with Gasteiger partial charge in [0, 0.05) is 20.4 Å². The lowest BCUT2D eigenvalue weighted by Gasteiger charge is -2.10. The van der Waals surface area contributed by atoms with Crippen LogP contribution in [0.15, 0.2) is 51.4 Å². The van der Waals surface area contributed by atoms with Crippen molar-refractivity contribution in [3.8, 4) is 0 Å². The summed E-state index contributed by atoms with van der Waals surface area (Å²) in [4.78, 5) is 0. The van der Waals surface area contributed by atoms with E-state index in [1.54, 1.807) is 24.3 Å². The molecule has 0 amide bonds. The van der Waals surface area contributed by atoms with E-state index >= 15 is 0 Å². The summed E-state index contributed by atoms with van der Waals surface area (Å²) in [5, 5.41) is 11.8. The minimum Gasteiger partial charge on any atom is -0.458 e. The molecule has 1 heterocycles. The van der Waals surface area contributed by atoms with Gasteiger partial charge in [-0.25, -0.2) is 4.39 Å². The second-order valence-corrected chi connectivity index (χ2v) is 5.69. The molecule has 0 aliphatic rings. The molecule has 1 N–H and O–H groups in total. The third kappa shape index (κ3) is 2.46. The molecule has 1 unspecified atom stereocenters. The molecule has 2 nitrogen and oxygen atoms in total. The van der Waals surface area contributed by atoms with Crippen LogP contribution in [0, 0.1) is 5.82 Å². The maximum absolute atomic E-state index is 13.1. The molecular formula is C15H9BrClFO2. The summed E-state index contributed by atoms with van der Waals surface area (Å²) in [5.74, 6) is 0.0128. The minimum atomic E-state index is -0.976. The maximum Gasteiger partial charge on any atom is 0.138 e. The molecule has 2 aromatic carbocycles. The first-order valence-electron chi connectivity index (χ1n) is 5.86. The van der Waals surface area contributed by atoms with Crippen molar-refractivity contribution in [2.45, 2.75) is 6.10 Å². The molecule has 0 bridgehead atoms. The Morgan fingerprint density at radius 2 is 1.95 bits per heavy atom. The van der Waals surface area contributed by atoms with Crippen LogP contribution in [0.1, 0.15) is 17.4 Å². The van der Waals surface area contributed by atoms with E-state index in [4.69, 9.17) is 16.0 Å². The average molecular weight is 356 g/mol. The van der Waals surface area contributed by atoms with Crippen molar-refractivity contribution in [1.82, 2.24) is 0 Å². The van der Waals surface area contributed by atoms with Crippen molar-refractivity contribution < 1.29 is 13.9 Å². The SMILES string of the molecule is OC(c1cc2cc(Cl)ccc2o1)c1ccc(F)cc1Br. The number of hydrogen-bond acceptors (Lipinski definition) is 2. The van der Waals surface area contributed by atoms with Gasteiger partial charge in [-0.2, -0.15) is 0 Å². The molecule has 0 aliphatic heterocycles. The van der Waals surface area contributed by atoms with Gasteiger partial charge >= 0.3 is 0 Å². The normalized spacial score (nSPS) is 12.8. The van der Waals surface area contributed by atoms with Gasteiger partial charge in [0.1, 0.15) is 23.3 Å². The first-order chi connectivity index (χ1) is 9.54. The summed E-state index contributed by atoms with van der Waals surface area (Å²) in [6.07, 6.45) is -0.976. The van der Waals surface area contributed by atoms with Crippen molar-refractivity contribution in [2.24, 2.45) is 0 Å². The minimum absolute atomic E-state index is 0.371. The lowest BCUT2D eigenvalue weighted by molar-refractivity contribution is 0.191. The van der Waals surface area contributed by atoms with Crippen molar-refractivity contribution in [2.75, 3.05) is 0 Å². The molecule has 0 spiro atoms. The molecule has 20 heavy (non-hydrogen) atoms. The third-order valence-corrected chi connectivity index (χ3v) is 3.95. The molecule has 3 rings (SSSR count). The fourth-order valence-corrected chi connectivity index (χ4v) is 2.79. The molecule has 0 radical (unpaired) electrons. The number of rotatable bonds is 2. The lowest BCUT2D eigenvalue weighted by Crippen LogP contribution is -1.99. The van der Waals surface area contributed by atoms with Crippen LogP contribution < -0.4 is 0 Å². The topological polar surface area (TPSA) is 33.4 Å². The standard InChI is InChI=1S/C15H9BrClFO2/c16-12-7-10(18)2-3-11(12)15(19)14-6-8-5-9(17)1-4-13(8)20-14/h1-7,15,19H. The zero-order valence-corrected chi connectivity index (χ0v) is 12.5. The van der Waals surface area contributed by atoms with Crippen LogP contribution in [-0.4, -0.2) is 5.11 Å². The highest BCUT2D eigenvalue weighted by atomic mass is 79.9. The van der Waals surface area contributed by atoms with Crippen LogP contribution in [0.5, 0.6) is 0 Å². The second kappa shape index (κ2) is 5.20. The fourth-order valence-electron chi connectivity index (χ4n) is 2.05. The van der Waals surface area contributed by atoms with Gasteiger partial charge in [0.25, 0.3) is 0 Å². The van der Waals surface area contributed by atoms with Gasteiger partial charge in [-0.15, -0.1) is 0 Å². The van der Waals surface area contributed by atoms with Gasteiger partial charge in [-0.3, -0.25) is 0 Å². The Kier molecular flexibility index (Phi) is 3.54. The van der Waals surface area contributed by atoms with Crippen molar-refractivity contribution in [3.05, 3.63) is 69.1 Å². The largest absolute Gasteiger partial charge is 0.458 e. The maximum atomic E-state index is 13.1. The van der Waals surface area contributed by atoms with Crippen LogP contribution in [0.2, 0.25) is 5.02 Å². The van der Waals surface area contributed by atoms with Crippen molar-refractivity contribution in [3.63, 3.8) is 0 Å². The Balaban J connectivity index is 2.05. The van der Waals surface area contributed by atoms with E-state index in [0.29, 0.717) is 26.4 Å². The Morgan fingerprint density at radius 3 is 2.70 bits per heavy atom. The third-order valence-electron chi connectivity index (χ3n) is 3.02. The van der Waals surface area contributed by atoms with E-state index in [2.05, 4.69) is 15.9 Å². The highest BCUT2D eigenvalue weighted by Crippen LogP contribution is 2.33. The van der Waals surface area contributed by atoms with Gasteiger partial charge < -0.3 is 9.52 Å². The predicted molar refractivity (Wildman–Crippen MR) is 79.4 cm³/mol. The summed E-state index contributed by atoms with van der Waals surface area (Å²) >= 11 is 9.15. The number of aliphatic hydroxyl groups excluding tert-OH is 1. The average Bonchev–Trinajstić information content (AvgIpc) is 2.81. The quantitative estimate of drug-likeness (QED) is 0.696. The van der Waals surface area contributed by atoms with E-state index < -0.39 is 6.10 Å². The molecule has 0 fully saturated rings. The predicted octanol–water partition coefficient (Wildman–Crippen LogP) is 5.07. The van der Waals surface area contributed by atoms with E-state index in [9.17, 15) is 9.50 Å². The van der Waals surface area contributed by atoms with E-state index in [1.807, 2.05) is 0 Å². The number of aliphatic hydroxyl groups is 1. The van der Waals surface area contributed by atoms with E-state index in [0.717, 1.165) is 5.39 Å². The van der Waals surface area contributed by atoms with Crippen LogP contribution in [0.3, 0.4) is 0 Å². The Bertz CT molecular complexity index is 785. The van der Waals surface area contributed by atoms with Crippen LogP contribution in [0.25, 0.3) is 11.0 Å². The van der Waals surface area contributed by atoms with E-state index in [-0.39, 0.29) is 5.82 Å². The molecule has 1 atom stereocenters. The van der Waals surface area contributed by atoms with Crippen LogP contribution >= 0.6 is 27.5 Å². The summed E-state index contributed by atoms with van der Waals surface area (Å²) in [5.41, 5.74) is 1.18. The summed E-state index contributed by atoms with van der Waals surface area (Å²) in [6, 6.07) is 11.1. The smallest absolute Gasteiger partial charge is 0.138 e. The molecule has 1 aromatic heterocycles. The summed E-state index contributed by atoms with van der Waals surface area (Å²) < 4.78 is 19.2. The molecule has 3 aromatic rings. The van der Waals surface area contributed by atoms with Crippen molar-refractivity contribution in [1.29, 1.82) is 0 Å². The van der Waals surface area contributed by atoms with Crippen LogP contribution in [0.4, 0.5) is 4.39 Å². The highest BCUT2D eigenvalue weighted by Gasteiger charge is 2.18. The molecule has 102 valence electrons. The fraction of sp³-hybridized carbons (Fsp3) is 0.0667. The van der Waals surface area contributed by atoms with Crippen molar-refractivity contribution >= 4 is 38.5 Å². The van der Waals surface area contributed by atoms with Gasteiger partial charge in [-0.05, 0) is 36.4 Å². The lowest BCUT2D eigenvalue weighted by atomic mass is 10.1. The van der Waals surface area contributed by atoms with Gasteiger partial charge in [0.05, 0.1) is 0 Å². The molecule has 0 saturated carbocycles. The first kappa shape index (κ1) is 13.6. The molecule has 0 aliphatic carbocycles. The summed E-state index contributed by atoms with van der Waals surface area (Å²) in [7, 11) is 0. The number of furan rings is 1. The van der Waals surface area contributed by atoms with Gasteiger partial charge in [0.15, 0.2) is 0 Å². The Morgan fingerprint density at radius 1 is 1.15 bits per heavy atom. The molecular weight excluding hydrogens is 347 g/mol. The number of hydrogen-bond donors (Lipinski definition) is 1. The Hall–Kier alpha value is -1.36.